The van der Waals surface area contributed by atoms with Crippen LogP contribution in [0.1, 0.15) is 11.4 Å². The van der Waals surface area contributed by atoms with Crippen molar-refractivity contribution >= 4 is 11.0 Å². The third-order valence-corrected chi connectivity index (χ3v) is 4.99. The lowest BCUT2D eigenvalue weighted by molar-refractivity contribution is 0.00749. The number of hydrogen-bond donors (Lipinski definition) is 0. The SMILES string of the molecule is COc1ccc(CN2CC(F)C(OCc3nc4ccccc4n3C)C2)cn1. The van der Waals surface area contributed by atoms with Crippen molar-refractivity contribution < 1.29 is 13.9 Å². The van der Waals surface area contributed by atoms with Crippen LogP contribution in [0.4, 0.5) is 4.39 Å². The monoisotopic (exact) mass is 370 g/mol. The molecule has 1 saturated heterocycles. The smallest absolute Gasteiger partial charge is 0.212 e. The molecule has 0 aliphatic carbocycles. The Morgan fingerprint density at radius 3 is 2.78 bits per heavy atom. The van der Waals surface area contributed by atoms with Gasteiger partial charge in [-0.25, -0.2) is 14.4 Å². The summed E-state index contributed by atoms with van der Waals surface area (Å²) in [5.74, 6) is 1.38. The summed E-state index contributed by atoms with van der Waals surface area (Å²) < 4.78 is 27.4. The maximum absolute atomic E-state index is 14.4. The minimum Gasteiger partial charge on any atom is -0.481 e. The predicted molar refractivity (Wildman–Crippen MR) is 100 cm³/mol. The molecular formula is C20H23FN4O2. The van der Waals surface area contributed by atoms with E-state index in [9.17, 15) is 4.39 Å². The number of methoxy groups -OCH3 is 1. The lowest BCUT2D eigenvalue weighted by Gasteiger charge is -2.16. The number of aryl methyl sites for hydroxylation is 1. The van der Waals surface area contributed by atoms with E-state index >= 15 is 0 Å². The summed E-state index contributed by atoms with van der Waals surface area (Å²) in [4.78, 5) is 10.8. The Morgan fingerprint density at radius 1 is 1.19 bits per heavy atom. The van der Waals surface area contributed by atoms with Crippen molar-refractivity contribution in [1.82, 2.24) is 19.4 Å². The Balaban J connectivity index is 1.36. The molecule has 1 aliphatic rings. The van der Waals surface area contributed by atoms with Crippen LogP contribution < -0.4 is 4.74 Å². The third-order valence-electron chi connectivity index (χ3n) is 4.99. The number of nitrogens with zero attached hydrogens (tertiary/aromatic N) is 4. The van der Waals surface area contributed by atoms with Gasteiger partial charge in [-0.3, -0.25) is 4.90 Å². The van der Waals surface area contributed by atoms with E-state index in [0.717, 1.165) is 22.4 Å². The van der Waals surface area contributed by atoms with Crippen molar-refractivity contribution in [3.8, 4) is 5.88 Å². The lowest BCUT2D eigenvalue weighted by Crippen LogP contribution is -2.25. The second kappa shape index (κ2) is 7.62. The number of pyridine rings is 1. The Hall–Kier alpha value is -2.51. The maximum Gasteiger partial charge on any atom is 0.212 e. The minimum absolute atomic E-state index is 0.300. The average Bonchev–Trinajstić information content (AvgIpc) is 3.20. The first-order chi connectivity index (χ1) is 13.1. The van der Waals surface area contributed by atoms with Crippen LogP contribution in [-0.2, 0) is 24.9 Å². The number of ether oxygens (including phenoxy) is 2. The van der Waals surface area contributed by atoms with E-state index in [0.29, 0.717) is 32.1 Å². The molecule has 0 radical (unpaired) electrons. The van der Waals surface area contributed by atoms with Gasteiger partial charge < -0.3 is 14.0 Å². The molecule has 2 aromatic heterocycles. The number of imidazole rings is 1. The van der Waals surface area contributed by atoms with Crippen LogP contribution in [0.5, 0.6) is 5.88 Å². The fourth-order valence-corrected chi connectivity index (χ4v) is 3.48. The van der Waals surface area contributed by atoms with Crippen molar-refractivity contribution in [1.29, 1.82) is 0 Å². The van der Waals surface area contributed by atoms with E-state index < -0.39 is 12.3 Å². The molecule has 7 heteroatoms. The number of aromatic nitrogens is 3. The van der Waals surface area contributed by atoms with Gasteiger partial charge in [0.2, 0.25) is 5.88 Å². The number of alkyl halides is 1. The summed E-state index contributed by atoms with van der Waals surface area (Å²) in [6.45, 7) is 1.86. The lowest BCUT2D eigenvalue weighted by atomic mass is 10.2. The standard InChI is InChI=1S/C20H23FN4O2/c1-24-17-6-4-3-5-16(17)23-19(24)13-27-18-12-25(11-15(18)21)10-14-7-8-20(26-2)22-9-14/h3-9,15,18H,10-13H2,1-2H3. The van der Waals surface area contributed by atoms with Gasteiger partial charge in [-0.05, 0) is 17.7 Å². The first kappa shape index (κ1) is 17.9. The van der Waals surface area contributed by atoms with Gasteiger partial charge in [0.15, 0.2) is 0 Å². The molecule has 3 heterocycles. The molecule has 3 aromatic rings. The molecule has 1 aromatic carbocycles. The summed E-state index contributed by atoms with van der Waals surface area (Å²) in [5, 5.41) is 0. The molecule has 0 spiro atoms. The first-order valence-electron chi connectivity index (χ1n) is 9.01. The second-order valence-electron chi connectivity index (χ2n) is 6.84. The van der Waals surface area contributed by atoms with Gasteiger partial charge in [0, 0.05) is 38.9 Å². The number of fused-ring (bicyclic) bond motifs is 1. The third kappa shape index (κ3) is 3.79. The largest absolute Gasteiger partial charge is 0.481 e. The van der Waals surface area contributed by atoms with Crippen molar-refractivity contribution in [3.63, 3.8) is 0 Å². The first-order valence-corrected chi connectivity index (χ1v) is 9.01. The quantitative estimate of drug-likeness (QED) is 0.668. The van der Waals surface area contributed by atoms with E-state index in [1.165, 1.54) is 0 Å². The molecule has 1 aliphatic heterocycles. The van der Waals surface area contributed by atoms with Crippen molar-refractivity contribution in [3.05, 3.63) is 54.0 Å². The molecule has 27 heavy (non-hydrogen) atoms. The van der Waals surface area contributed by atoms with Crippen LogP contribution in [0.3, 0.4) is 0 Å². The molecular weight excluding hydrogens is 347 g/mol. The van der Waals surface area contributed by atoms with Gasteiger partial charge in [0.1, 0.15) is 24.7 Å². The molecule has 1 fully saturated rings. The zero-order valence-electron chi connectivity index (χ0n) is 15.5. The fraction of sp³-hybridized carbons (Fsp3) is 0.400. The zero-order chi connectivity index (χ0) is 18.8. The fourth-order valence-electron chi connectivity index (χ4n) is 3.48. The van der Waals surface area contributed by atoms with Gasteiger partial charge >= 0.3 is 0 Å². The van der Waals surface area contributed by atoms with Crippen molar-refractivity contribution in [2.24, 2.45) is 7.05 Å². The van der Waals surface area contributed by atoms with Gasteiger partial charge in [-0.15, -0.1) is 0 Å². The highest BCUT2D eigenvalue weighted by atomic mass is 19.1. The zero-order valence-corrected chi connectivity index (χ0v) is 15.5. The minimum atomic E-state index is -1.01. The number of benzene rings is 1. The van der Waals surface area contributed by atoms with Gasteiger partial charge in [0.05, 0.1) is 18.1 Å². The summed E-state index contributed by atoms with van der Waals surface area (Å²) >= 11 is 0. The normalized spacial score (nSPS) is 20.4. The highest BCUT2D eigenvalue weighted by Crippen LogP contribution is 2.22. The number of likely N-dealkylation sites (tertiary alicyclic amines) is 1. The molecule has 4 rings (SSSR count). The molecule has 142 valence electrons. The highest BCUT2D eigenvalue weighted by molar-refractivity contribution is 5.75. The van der Waals surface area contributed by atoms with E-state index in [1.54, 1.807) is 13.3 Å². The van der Waals surface area contributed by atoms with E-state index in [-0.39, 0.29) is 0 Å². The highest BCUT2D eigenvalue weighted by Gasteiger charge is 2.33. The van der Waals surface area contributed by atoms with Gasteiger partial charge in [-0.1, -0.05) is 18.2 Å². The Bertz CT molecular complexity index is 912. The Morgan fingerprint density at radius 2 is 2.04 bits per heavy atom. The Labute approximate surface area is 157 Å². The van der Waals surface area contributed by atoms with Crippen molar-refractivity contribution in [2.75, 3.05) is 20.2 Å². The summed E-state index contributed by atoms with van der Waals surface area (Å²) in [6, 6.07) is 11.7. The molecule has 2 unspecified atom stereocenters. The second-order valence-corrected chi connectivity index (χ2v) is 6.84. The maximum atomic E-state index is 14.4. The number of halogens is 1. The van der Waals surface area contributed by atoms with Crippen LogP contribution in [0.25, 0.3) is 11.0 Å². The van der Waals surface area contributed by atoms with Crippen molar-refractivity contribution in [2.45, 2.75) is 25.4 Å². The van der Waals surface area contributed by atoms with E-state index in [4.69, 9.17) is 9.47 Å². The van der Waals surface area contributed by atoms with Crippen LogP contribution in [0.2, 0.25) is 0 Å². The molecule has 0 bridgehead atoms. The van der Waals surface area contributed by atoms with Crippen LogP contribution in [0, 0.1) is 0 Å². The predicted octanol–water partition coefficient (Wildman–Crippen LogP) is 2.72. The van der Waals surface area contributed by atoms with Crippen LogP contribution in [0.15, 0.2) is 42.6 Å². The summed E-state index contributed by atoms with van der Waals surface area (Å²) in [7, 11) is 3.54. The number of para-hydroxylation sites is 2. The summed E-state index contributed by atoms with van der Waals surface area (Å²) in [5.41, 5.74) is 3.00. The molecule has 0 saturated carbocycles. The molecule has 0 amide bonds. The van der Waals surface area contributed by atoms with Crippen LogP contribution in [-0.4, -0.2) is 51.9 Å². The molecule has 0 N–H and O–H groups in total. The summed E-state index contributed by atoms with van der Waals surface area (Å²) in [6.07, 6.45) is 0.307. The van der Waals surface area contributed by atoms with Gasteiger partial charge in [0.25, 0.3) is 0 Å². The van der Waals surface area contributed by atoms with E-state index in [1.807, 2.05) is 52.9 Å². The number of rotatable bonds is 6. The molecule has 2 atom stereocenters. The van der Waals surface area contributed by atoms with Gasteiger partial charge in [-0.2, -0.15) is 0 Å². The molecule has 6 nitrogen and oxygen atoms in total. The Kier molecular flexibility index (Phi) is 5.05. The van der Waals surface area contributed by atoms with E-state index in [2.05, 4.69) is 9.97 Å². The van der Waals surface area contributed by atoms with Crippen LogP contribution >= 0.6 is 0 Å². The number of hydrogen-bond acceptors (Lipinski definition) is 5. The average molecular weight is 370 g/mol. The topological polar surface area (TPSA) is 52.4 Å².